The Morgan fingerprint density at radius 3 is 1.90 bits per heavy atom. The van der Waals surface area contributed by atoms with Crippen LogP contribution in [0.15, 0.2) is 78.9 Å². The molecular formula is C19H15FO. The van der Waals surface area contributed by atoms with E-state index in [0.717, 1.165) is 11.1 Å². The first kappa shape index (κ1) is 13.5. The molecule has 1 N–H and O–H groups in total. The summed E-state index contributed by atoms with van der Waals surface area (Å²) < 4.78 is 13.7. The van der Waals surface area contributed by atoms with E-state index in [0.29, 0.717) is 11.1 Å². The number of hydrogen-bond donors (Lipinski definition) is 1. The molecule has 104 valence electrons. The summed E-state index contributed by atoms with van der Waals surface area (Å²) in [7, 11) is 0. The molecule has 21 heavy (non-hydrogen) atoms. The van der Waals surface area contributed by atoms with Gasteiger partial charge in [0.2, 0.25) is 0 Å². The summed E-state index contributed by atoms with van der Waals surface area (Å²) in [6.45, 7) is 0. The molecule has 3 aromatic rings. The molecule has 0 fully saturated rings. The molecule has 0 spiro atoms. The van der Waals surface area contributed by atoms with Crippen LogP contribution in [-0.4, -0.2) is 5.11 Å². The van der Waals surface area contributed by atoms with E-state index in [1.807, 2.05) is 54.6 Å². The molecule has 2 heteroatoms. The van der Waals surface area contributed by atoms with Gasteiger partial charge in [0.25, 0.3) is 0 Å². The van der Waals surface area contributed by atoms with Crippen molar-refractivity contribution in [1.29, 1.82) is 0 Å². The van der Waals surface area contributed by atoms with Crippen molar-refractivity contribution in [3.63, 3.8) is 0 Å². The van der Waals surface area contributed by atoms with Gasteiger partial charge >= 0.3 is 0 Å². The maximum atomic E-state index is 13.7. The van der Waals surface area contributed by atoms with Gasteiger partial charge in [0.05, 0.1) is 0 Å². The predicted octanol–water partition coefficient (Wildman–Crippen LogP) is 4.57. The Bertz CT molecular complexity index is 720. The topological polar surface area (TPSA) is 20.2 Å². The highest BCUT2D eigenvalue weighted by atomic mass is 19.1. The van der Waals surface area contributed by atoms with Gasteiger partial charge in [-0.25, -0.2) is 4.39 Å². The highest BCUT2D eigenvalue weighted by molar-refractivity contribution is 5.63. The summed E-state index contributed by atoms with van der Waals surface area (Å²) in [6, 6.07) is 23.8. The molecule has 0 unspecified atom stereocenters. The molecular weight excluding hydrogens is 263 g/mol. The van der Waals surface area contributed by atoms with Crippen LogP contribution in [0.3, 0.4) is 0 Å². The van der Waals surface area contributed by atoms with Gasteiger partial charge in [-0.05, 0) is 22.8 Å². The second kappa shape index (κ2) is 5.90. The molecule has 0 aliphatic rings. The SMILES string of the molecule is O[C@@H](c1ccc(-c2ccccc2)cc1)c1ccccc1F. The van der Waals surface area contributed by atoms with Gasteiger partial charge in [-0.3, -0.25) is 0 Å². The fourth-order valence-electron chi connectivity index (χ4n) is 2.36. The van der Waals surface area contributed by atoms with Crippen molar-refractivity contribution in [2.45, 2.75) is 6.10 Å². The lowest BCUT2D eigenvalue weighted by Gasteiger charge is -2.13. The summed E-state index contributed by atoms with van der Waals surface area (Å²) in [6.07, 6.45) is -0.948. The van der Waals surface area contributed by atoms with Crippen molar-refractivity contribution >= 4 is 0 Å². The van der Waals surface area contributed by atoms with Gasteiger partial charge in [-0.15, -0.1) is 0 Å². The third kappa shape index (κ3) is 2.86. The van der Waals surface area contributed by atoms with Crippen molar-refractivity contribution < 1.29 is 9.50 Å². The Kier molecular flexibility index (Phi) is 3.80. The van der Waals surface area contributed by atoms with Crippen LogP contribution in [0, 0.1) is 5.82 Å². The lowest BCUT2D eigenvalue weighted by molar-refractivity contribution is 0.215. The number of rotatable bonds is 3. The zero-order valence-electron chi connectivity index (χ0n) is 11.4. The Morgan fingerprint density at radius 1 is 0.667 bits per heavy atom. The lowest BCUT2D eigenvalue weighted by Crippen LogP contribution is -2.02. The standard InChI is InChI=1S/C19H15FO/c20-18-9-5-4-8-17(18)19(21)16-12-10-15(11-13-16)14-6-2-1-3-7-14/h1-13,19,21H/t19-/m0/s1. The molecule has 0 aliphatic carbocycles. The normalized spacial score (nSPS) is 12.1. The van der Waals surface area contributed by atoms with E-state index >= 15 is 0 Å². The maximum Gasteiger partial charge on any atom is 0.129 e. The fraction of sp³-hybridized carbons (Fsp3) is 0.0526. The average Bonchev–Trinajstić information content (AvgIpc) is 2.56. The van der Waals surface area contributed by atoms with Gasteiger partial charge in [-0.2, -0.15) is 0 Å². The van der Waals surface area contributed by atoms with E-state index in [-0.39, 0.29) is 0 Å². The maximum absolute atomic E-state index is 13.7. The molecule has 3 rings (SSSR count). The molecule has 0 bridgehead atoms. The third-order valence-corrected chi connectivity index (χ3v) is 3.53. The van der Waals surface area contributed by atoms with E-state index in [1.54, 1.807) is 18.2 Å². The number of benzene rings is 3. The molecule has 1 nitrogen and oxygen atoms in total. The monoisotopic (exact) mass is 278 g/mol. The molecule has 0 aliphatic heterocycles. The van der Waals surface area contributed by atoms with Crippen molar-refractivity contribution in [2.75, 3.05) is 0 Å². The van der Waals surface area contributed by atoms with E-state index < -0.39 is 11.9 Å². The molecule has 0 aromatic heterocycles. The zero-order chi connectivity index (χ0) is 14.7. The van der Waals surface area contributed by atoms with E-state index in [4.69, 9.17) is 0 Å². The molecule has 3 aromatic carbocycles. The first-order valence-electron chi connectivity index (χ1n) is 6.83. The lowest BCUT2D eigenvalue weighted by atomic mass is 9.98. The Labute approximate surface area is 123 Å². The molecule has 0 heterocycles. The van der Waals surface area contributed by atoms with Crippen LogP contribution < -0.4 is 0 Å². The van der Waals surface area contributed by atoms with Crippen LogP contribution in [0.25, 0.3) is 11.1 Å². The Balaban J connectivity index is 1.89. The average molecular weight is 278 g/mol. The second-order valence-electron chi connectivity index (χ2n) is 4.91. The van der Waals surface area contributed by atoms with Crippen LogP contribution in [0.4, 0.5) is 4.39 Å². The van der Waals surface area contributed by atoms with E-state index in [2.05, 4.69) is 0 Å². The van der Waals surface area contributed by atoms with Crippen LogP contribution in [0.2, 0.25) is 0 Å². The molecule has 0 saturated heterocycles. The van der Waals surface area contributed by atoms with Crippen LogP contribution in [-0.2, 0) is 0 Å². The Hall–Kier alpha value is -2.45. The summed E-state index contributed by atoms with van der Waals surface area (Å²) in [5, 5.41) is 10.3. The second-order valence-corrected chi connectivity index (χ2v) is 4.91. The molecule has 1 atom stereocenters. The van der Waals surface area contributed by atoms with Crippen molar-refractivity contribution in [3.8, 4) is 11.1 Å². The minimum Gasteiger partial charge on any atom is -0.384 e. The van der Waals surface area contributed by atoms with Crippen LogP contribution in [0.1, 0.15) is 17.2 Å². The van der Waals surface area contributed by atoms with Gasteiger partial charge < -0.3 is 5.11 Å². The molecule has 0 saturated carbocycles. The van der Waals surface area contributed by atoms with Crippen LogP contribution >= 0.6 is 0 Å². The highest BCUT2D eigenvalue weighted by Gasteiger charge is 2.14. The minimum absolute atomic E-state index is 0.296. The number of aliphatic hydroxyl groups excluding tert-OH is 1. The van der Waals surface area contributed by atoms with Crippen molar-refractivity contribution in [2.24, 2.45) is 0 Å². The highest BCUT2D eigenvalue weighted by Crippen LogP contribution is 2.26. The number of hydrogen-bond acceptors (Lipinski definition) is 1. The first-order chi connectivity index (χ1) is 10.3. The third-order valence-electron chi connectivity index (χ3n) is 3.53. The van der Waals surface area contributed by atoms with Gasteiger partial charge in [-0.1, -0.05) is 72.8 Å². The summed E-state index contributed by atoms with van der Waals surface area (Å²) in [5.74, 6) is -0.392. The van der Waals surface area contributed by atoms with Gasteiger partial charge in [0.1, 0.15) is 11.9 Å². The summed E-state index contributed by atoms with van der Waals surface area (Å²) >= 11 is 0. The fourth-order valence-corrected chi connectivity index (χ4v) is 2.36. The molecule has 0 amide bonds. The summed E-state index contributed by atoms with van der Waals surface area (Å²) in [4.78, 5) is 0. The van der Waals surface area contributed by atoms with Crippen LogP contribution in [0.5, 0.6) is 0 Å². The predicted molar refractivity (Wildman–Crippen MR) is 82.3 cm³/mol. The van der Waals surface area contributed by atoms with E-state index in [1.165, 1.54) is 6.07 Å². The van der Waals surface area contributed by atoms with E-state index in [9.17, 15) is 9.50 Å². The van der Waals surface area contributed by atoms with Crippen molar-refractivity contribution in [3.05, 3.63) is 95.8 Å². The largest absolute Gasteiger partial charge is 0.384 e. The summed E-state index contributed by atoms with van der Waals surface area (Å²) in [5.41, 5.74) is 3.16. The quantitative estimate of drug-likeness (QED) is 0.743. The Morgan fingerprint density at radius 2 is 1.24 bits per heavy atom. The van der Waals surface area contributed by atoms with Crippen molar-refractivity contribution in [1.82, 2.24) is 0 Å². The smallest absolute Gasteiger partial charge is 0.129 e. The minimum atomic E-state index is -0.948. The van der Waals surface area contributed by atoms with Gasteiger partial charge in [0.15, 0.2) is 0 Å². The molecule has 0 radical (unpaired) electrons. The number of halogens is 1. The zero-order valence-corrected chi connectivity index (χ0v) is 11.4. The number of aliphatic hydroxyl groups is 1. The first-order valence-corrected chi connectivity index (χ1v) is 6.83. The van der Waals surface area contributed by atoms with Gasteiger partial charge in [0, 0.05) is 5.56 Å².